The summed E-state index contributed by atoms with van der Waals surface area (Å²) in [5.74, 6) is 0. The van der Waals surface area contributed by atoms with Crippen molar-refractivity contribution in [1.29, 1.82) is 0 Å². The zero-order chi connectivity index (χ0) is 10.2. The second-order valence-electron chi connectivity index (χ2n) is 4.16. The highest BCUT2D eigenvalue weighted by atomic mass is 16.5. The minimum atomic E-state index is 0.283. The van der Waals surface area contributed by atoms with Crippen LogP contribution in [0.15, 0.2) is 0 Å². The zero-order valence-electron chi connectivity index (χ0n) is 9.25. The normalized spacial score (nSPS) is 12.0. The van der Waals surface area contributed by atoms with Crippen LogP contribution in [0.4, 0.5) is 0 Å². The van der Waals surface area contributed by atoms with Gasteiger partial charge in [-0.2, -0.15) is 0 Å². The third-order valence-corrected chi connectivity index (χ3v) is 2.32. The molecule has 0 aromatic rings. The van der Waals surface area contributed by atoms with Crippen LogP contribution in [0.5, 0.6) is 0 Å². The molecule has 13 heavy (non-hydrogen) atoms. The van der Waals surface area contributed by atoms with Gasteiger partial charge >= 0.3 is 0 Å². The molecule has 0 bridgehead atoms. The summed E-state index contributed by atoms with van der Waals surface area (Å²) in [5.41, 5.74) is 0. The monoisotopic (exact) mass is 190 g/mol. The van der Waals surface area contributed by atoms with Gasteiger partial charge in [0.15, 0.2) is 0 Å². The summed E-state index contributed by atoms with van der Waals surface area (Å²) in [6.45, 7) is 3.15. The Labute approximate surface area is 81.9 Å². The zero-order valence-corrected chi connectivity index (χ0v) is 9.25. The first-order valence-electron chi connectivity index (χ1n) is 5.04. The van der Waals surface area contributed by atoms with Crippen molar-refractivity contribution in [2.75, 3.05) is 47.5 Å². The molecule has 0 aliphatic carbocycles. The minimum Gasteiger partial charge on any atom is -0.391 e. The molecule has 0 unspecified atom stereocenters. The van der Waals surface area contributed by atoms with Crippen molar-refractivity contribution in [2.45, 2.75) is 19.3 Å². The number of hydrogen-bond acceptors (Lipinski definition) is 2. The maximum atomic E-state index is 8.81. The number of likely N-dealkylation sites (N-methyl/N-ethyl adjacent to an activating group) is 1. The first kappa shape index (κ1) is 12.9. The molecule has 0 aliphatic heterocycles. The fourth-order valence-corrected chi connectivity index (χ4v) is 1.35. The van der Waals surface area contributed by atoms with Gasteiger partial charge in [0, 0.05) is 13.7 Å². The van der Waals surface area contributed by atoms with Crippen LogP contribution < -0.4 is 0 Å². The number of hydrogen-bond donors (Lipinski definition) is 1. The second kappa shape index (κ2) is 7.30. The number of quaternary nitrogens is 1. The highest BCUT2D eigenvalue weighted by Gasteiger charge is 2.12. The van der Waals surface area contributed by atoms with E-state index in [0.717, 1.165) is 30.6 Å². The maximum absolute atomic E-state index is 8.81. The smallest absolute Gasteiger partial charge is 0.102 e. The quantitative estimate of drug-likeness (QED) is 0.454. The summed E-state index contributed by atoms with van der Waals surface area (Å²) in [6, 6.07) is 0. The van der Waals surface area contributed by atoms with Crippen molar-refractivity contribution in [1.82, 2.24) is 0 Å². The SMILES string of the molecule is COCCCCC[N+](C)(C)CCO. The fraction of sp³-hybridized carbons (Fsp3) is 1.00. The average molecular weight is 190 g/mol. The van der Waals surface area contributed by atoms with Gasteiger partial charge in [-0.3, -0.25) is 0 Å². The van der Waals surface area contributed by atoms with Gasteiger partial charge in [0.05, 0.1) is 27.2 Å². The van der Waals surface area contributed by atoms with E-state index in [-0.39, 0.29) is 6.61 Å². The Hall–Kier alpha value is -0.120. The van der Waals surface area contributed by atoms with Crippen LogP contribution in [0.2, 0.25) is 0 Å². The van der Waals surface area contributed by atoms with Crippen LogP contribution in [0.25, 0.3) is 0 Å². The lowest BCUT2D eigenvalue weighted by Gasteiger charge is -2.28. The summed E-state index contributed by atoms with van der Waals surface area (Å²) in [5, 5.41) is 8.81. The van der Waals surface area contributed by atoms with Crippen LogP contribution in [-0.4, -0.2) is 57.1 Å². The Morgan fingerprint density at radius 1 is 1.08 bits per heavy atom. The van der Waals surface area contributed by atoms with E-state index in [9.17, 15) is 0 Å². The molecule has 0 saturated heterocycles. The Balaban J connectivity index is 3.29. The third-order valence-electron chi connectivity index (χ3n) is 2.32. The molecule has 3 nitrogen and oxygen atoms in total. The molecule has 0 atom stereocenters. The number of nitrogens with zero attached hydrogens (tertiary/aromatic N) is 1. The Morgan fingerprint density at radius 2 is 1.77 bits per heavy atom. The maximum Gasteiger partial charge on any atom is 0.102 e. The molecule has 80 valence electrons. The molecule has 0 radical (unpaired) electrons. The third kappa shape index (κ3) is 8.22. The van der Waals surface area contributed by atoms with E-state index < -0.39 is 0 Å². The van der Waals surface area contributed by atoms with E-state index in [1.54, 1.807) is 7.11 Å². The Kier molecular flexibility index (Phi) is 7.23. The van der Waals surface area contributed by atoms with E-state index in [0.29, 0.717) is 0 Å². The molecule has 0 aliphatic rings. The van der Waals surface area contributed by atoms with Crippen molar-refractivity contribution in [2.24, 2.45) is 0 Å². The van der Waals surface area contributed by atoms with Crippen molar-refractivity contribution < 1.29 is 14.3 Å². The molecular weight excluding hydrogens is 166 g/mol. The van der Waals surface area contributed by atoms with E-state index in [2.05, 4.69) is 14.1 Å². The number of ether oxygens (including phenoxy) is 1. The standard InChI is InChI=1S/C10H24NO2/c1-11(2,8-9-12)7-5-4-6-10-13-3/h12H,4-10H2,1-3H3/q+1. The van der Waals surface area contributed by atoms with Gasteiger partial charge in [0.2, 0.25) is 0 Å². The topological polar surface area (TPSA) is 29.5 Å². The van der Waals surface area contributed by atoms with E-state index in [1.165, 1.54) is 12.8 Å². The highest BCUT2D eigenvalue weighted by Crippen LogP contribution is 2.03. The summed E-state index contributed by atoms with van der Waals surface area (Å²) in [4.78, 5) is 0. The van der Waals surface area contributed by atoms with Gasteiger partial charge in [-0.05, 0) is 19.3 Å². The van der Waals surface area contributed by atoms with Crippen molar-refractivity contribution in [3.05, 3.63) is 0 Å². The number of methoxy groups -OCH3 is 1. The molecule has 1 N–H and O–H groups in total. The van der Waals surface area contributed by atoms with Crippen LogP contribution in [-0.2, 0) is 4.74 Å². The van der Waals surface area contributed by atoms with Gasteiger partial charge in [-0.25, -0.2) is 0 Å². The lowest BCUT2D eigenvalue weighted by Crippen LogP contribution is -2.42. The molecule has 0 saturated carbocycles. The number of aliphatic hydroxyl groups is 1. The van der Waals surface area contributed by atoms with Gasteiger partial charge in [-0.1, -0.05) is 0 Å². The lowest BCUT2D eigenvalue weighted by atomic mass is 10.2. The van der Waals surface area contributed by atoms with Crippen LogP contribution in [0, 0.1) is 0 Å². The first-order valence-corrected chi connectivity index (χ1v) is 5.04. The average Bonchev–Trinajstić information content (AvgIpc) is 2.04. The number of unbranched alkanes of at least 4 members (excludes halogenated alkanes) is 2. The second-order valence-corrected chi connectivity index (χ2v) is 4.16. The van der Waals surface area contributed by atoms with Crippen molar-refractivity contribution in [3.63, 3.8) is 0 Å². The molecule has 0 rings (SSSR count). The fourth-order valence-electron chi connectivity index (χ4n) is 1.35. The van der Waals surface area contributed by atoms with Gasteiger partial charge in [-0.15, -0.1) is 0 Å². The molecule has 0 amide bonds. The van der Waals surface area contributed by atoms with Crippen LogP contribution >= 0.6 is 0 Å². The van der Waals surface area contributed by atoms with Crippen molar-refractivity contribution in [3.8, 4) is 0 Å². The van der Waals surface area contributed by atoms with E-state index >= 15 is 0 Å². The molecule has 0 aromatic heterocycles. The Morgan fingerprint density at radius 3 is 2.31 bits per heavy atom. The minimum absolute atomic E-state index is 0.283. The summed E-state index contributed by atoms with van der Waals surface area (Å²) in [7, 11) is 6.06. The van der Waals surface area contributed by atoms with Crippen LogP contribution in [0.1, 0.15) is 19.3 Å². The van der Waals surface area contributed by atoms with Gasteiger partial charge < -0.3 is 14.3 Å². The van der Waals surface area contributed by atoms with E-state index in [4.69, 9.17) is 9.84 Å². The summed E-state index contributed by atoms with van der Waals surface area (Å²) in [6.07, 6.45) is 3.59. The molecular formula is C10H24NO2+. The molecule has 0 spiro atoms. The first-order chi connectivity index (χ1) is 6.12. The summed E-state index contributed by atoms with van der Waals surface area (Å²) >= 11 is 0. The summed E-state index contributed by atoms with van der Waals surface area (Å²) < 4.78 is 5.90. The highest BCUT2D eigenvalue weighted by molar-refractivity contribution is 4.41. The van der Waals surface area contributed by atoms with Crippen molar-refractivity contribution >= 4 is 0 Å². The van der Waals surface area contributed by atoms with Gasteiger partial charge in [0.25, 0.3) is 0 Å². The largest absolute Gasteiger partial charge is 0.391 e. The predicted molar refractivity (Wildman–Crippen MR) is 54.7 cm³/mol. The lowest BCUT2D eigenvalue weighted by molar-refractivity contribution is -0.890. The molecule has 0 fully saturated rings. The van der Waals surface area contributed by atoms with E-state index in [1.807, 2.05) is 0 Å². The Bertz CT molecular complexity index is 115. The molecule has 0 aromatic carbocycles. The van der Waals surface area contributed by atoms with Crippen LogP contribution in [0.3, 0.4) is 0 Å². The molecule has 0 heterocycles. The molecule has 3 heteroatoms. The number of aliphatic hydroxyl groups excluding tert-OH is 1. The van der Waals surface area contributed by atoms with Gasteiger partial charge in [0.1, 0.15) is 6.54 Å². The predicted octanol–water partition coefficient (Wildman–Crippen LogP) is 0.872. The number of rotatable bonds is 8.